The van der Waals surface area contributed by atoms with Gasteiger partial charge in [0.2, 0.25) is 5.75 Å². The van der Waals surface area contributed by atoms with Gasteiger partial charge in [-0.2, -0.15) is 0 Å². The zero-order valence-corrected chi connectivity index (χ0v) is 14.3. The quantitative estimate of drug-likeness (QED) is 0.858. The van der Waals surface area contributed by atoms with E-state index in [1.54, 1.807) is 6.92 Å². The zero-order chi connectivity index (χ0) is 17.2. The predicted octanol–water partition coefficient (Wildman–Crippen LogP) is 2.12. The Labute approximate surface area is 134 Å². The first-order valence-corrected chi connectivity index (χ1v) is 8.08. The number of sulfonamides is 1. The van der Waals surface area contributed by atoms with Crippen molar-refractivity contribution in [1.82, 2.24) is 5.16 Å². The predicted molar refractivity (Wildman–Crippen MR) is 82.9 cm³/mol. The molecule has 2 rings (SSSR count). The third-order valence-corrected chi connectivity index (χ3v) is 4.78. The second-order valence-corrected chi connectivity index (χ2v) is 6.29. The smallest absolute Gasteiger partial charge is 0.267 e. The largest absolute Gasteiger partial charge is 0.493 e. The second kappa shape index (κ2) is 6.37. The van der Waals surface area contributed by atoms with Crippen molar-refractivity contribution in [3.8, 4) is 17.2 Å². The number of nitrogens with one attached hydrogen (secondary N) is 1. The molecular weight excluding hydrogens is 324 g/mol. The first kappa shape index (κ1) is 16.9. The van der Waals surface area contributed by atoms with Crippen LogP contribution in [-0.2, 0) is 10.0 Å². The Morgan fingerprint density at radius 3 is 2.00 bits per heavy atom. The van der Waals surface area contributed by atoms with Crippen LogP contribution in [-0.4, -0.2) is 34.9 Å². The summed E-state index contributed by atoms with van der Waals surface area (Å²) in [5, 5.41) is 3.66. The highest BCUT2D eigenvalue weighted by atomic mass is 32.2. The normalized spacial score (nSPS) is 11.2. The second-order valence-electron chi connectivity index (χ2n) is 4.67. The van der Waals surface area contributed by atoms with Crippen LogP contribution in [0.4, 0.5) is 5.69 Å². The Bertz CT molecular complexity index is 768. The lowest BCUT2D eigenvalue weighted by molar-refractivity contribution is 0.325. The van der Waals surface area contributed by atoms with Gasteiger partial charge in [-0.15, -0.1) is 0 Å². The maximum atomic E-state index is 12.5. The van der Waals surface area contributed by atoms with Crippen LogP contribution in [0, 0.1) is 13.8 Å². The van der Waals surface area contributed by atoms with Gasteiger partial charge in [0, 0.05) is 12.1 Å². The van der Waals surface area contributed by atoms with Gasteiger partial charge in [0.15, 0.2) is 22.2 Å². The molecule has 2 aromatic rings. The minimum Gasteiger partial charge on any atom is -0.493 e. The van der Waals surface area contributed by atoms with Gasteiger partial charge in [0.25, 0.3) is 10.0 Å². The molecule has 0 radical (unpaired) electrons. The van der Waals surface area contributed by atoms with Gasteiger partial charge in [0.1, 0.15) is 5.69 Å². The minimum atomic E-state index is -3.86. The molecule has 0 unspecified atom stereocenters. The van der Waals surface area contributed by atoms with E-state index < -0.39 is 10.0 Å². The molecule has 126 valence electrons. The lowest BCUT2D eigenvalue weighted by Crippen LogP contribution is -2.14. The third-order valence-electron chi connectivity index (χ3n) is 3.15. The average molecular weight is 342 g/mol. The molecule has 0 saturated heterocycles. The van der Waals surface area contributed by atoms with Crippen molar-refractivity contribution in [2.24, 2.45) is 0 Å². The molecule has 0 fully saturated rings. The molecule has 0 aliphatic rings. The van der Waals surface area contributed by atoms with Gasteiger partial charge in [-0.25, -0.2) is 8.42 Å². The molecule has 1 heterocycles. The van der Waals surface area contributed by atoms with Crippen molar-refractivity contribution < 1.29 is 27.2 Å². The summed E-state index contributed by atoms with van der Waals surface area (Å²) in [6.45, 7) is 3.09. The monoisotopic (exact) mass is 342 g/mol. The van der Waals surface area contributed by atoms with Crippen LogP contribution in [0.2, 0.25) is 0 Å². The molecule has 0 atom stereocenters. The van der Waals surface area contributed by atoms with Crippen molar-refractivity contribution in [2.75, 3.05) is 26.1 Å². The van der Waals surface area contributed by atoms with E-state index in [0.717, 1.165) is 0 Å². The van der Waals surface area contributed by atoms with E-state index in [1.807, 2.05) is 0 Å². The van der Waals surface area contributed by atoms with E-state index >= 15 is 0 Å². The summed E-state index contributed by atoms with van der Waals surface area (Å²) < 4.78 is 48.0. The molecule has 9 heteroatoms. The SMILES string of the molecule is COc1cc(NS(=O)(=O)c2c(C)noc2C)cc(OC)c1OC. The van der Waals surface area contributed by atoms with Crippen molar-refractivity contribution in [3.63, 3.8) is 0 Å². The number of methoxy groups -OCH3 is 3. The van der Waals surface area contributed by atoms with Gasteiger partial charge in [-0.1, -0.05) is 5.16 Å². The highest BCUT2D eigenvalue weighted by Gasteiger charge is 2.25. The number of hydrogen-bond donors (Lipinski definition) is 1. The summed E-state index contributed by atoms with van der Waals surface area (Å²) in [6, 6.07) is 2.99. The minimum absolute atomic E-state index is 0.00579. The Hall–Kier alpha value is -2.42. The van der Waals surface area contributed by atoms with Gasteiger partial charge in [-0.05, 0) is 13.8 Å². The van der Waals surface area contributed by atoms with E-state index in [-0.39, 0.29) is 22.0 Å². The molecule has 8 nitrogen and oxygen atoms in total. The number of aryl methyl sites for hydroxylation is 2. The molecule has 0 bridgehead atoms. The Morgan fingerprint density at radius 2 is 1.61 bits per heavy atom. The molecular formula is C14H18N2O6S. The Balaban J connectivity index is 2.48. The number of anilines is 1. The molecule has 0 saturated carbocycles. The lowest BCUT2D eigenvalue weighted by Gasteiger charge is -2.15. The van der Waals surface area contributed by atoms with Crippen LogP contribution in [0.1, 0.15) is 11.5 Å². The first-order chi connectivity index (χ1) is 10.8. The van der Waals surface area contributed by atoms with Crippen LogP contribution in [0.3, 0.4) is 0 Å². The van der Waals surface area contributed by atoms with Crippen LogP contribution >= 0.6 is 0 Å². The molecule has 1 N–H and O–H groups in total. The topological polar surface area (TPSA) is 99.9 Å². The van der Waals surface area contributed by atoms with Gasteiger partial charge in [0.05, 0.1) is 27.0 Å². The average Bonchev–Trinajstić information content (AvgIpc) is 2.85. The van der Waals surface area contributed by atoms with Crippen LogP contribution in [0.15, 0.2) is 21.6 Å². The van der Waals surface area contributed by atoms with Crippen molar-refractivity contribution in [2.45, 2.75) is 18.7 Å². The van der Waals surface area contributed by atoms with Crippen molar-refractivity contribution in [1.29, 1.82) is 0 Å². The van der Waals surface area contributed by atoms with Crippen LogP contribution in [0.25, 0.3) is 0 Å². The summed E-state index contributed by atoms with van der Waals surface area (Å²) in [6.07, 6.45) is 0. The summed E-state index contributed by atoms with van der Waals surface area (Å²) in [5.74, 6) is 1.25. The number of nitrogens with zero attached hydrogens (tertiary/aromatic N) is 1. The van der Waals surface area contributed by atoms with E-state index in [2.05, 4.69) is 9.88 Å². The third kappa shape index (κ3) is 3.19. The molecule has 0 amide bonds. The maximum Gasteiger partial charge on any atom is 0.267 e. The van der Waals surface area contributed by atoms with Gasteiger partial charge < -0.3 is 18.7 Å². The molecule has 1 aromatic heterocycles. The highest BCUT2D eigenvalue weighted by Crippen LogP contribution is 2.40. The molecule has 0 spiro atoms. The van der Waals surface area contributed by atoms with Crippen LogP contribution in [0.5, 0.6) is 17.2 Å². The standard InChI is InChI=1S/C14H18N2O6S/c1-8-14(9(2)22-15-8)23(17,18)16-10-6-11(19-3)13(21-5)12(7-10)20-4/h6-7,16H,1-5H3. The fourth-order valence-corrected chi connectivity index (χ4v) is 3.58. The summed E-state index contributed by atoms with van der Waals surface area (Å²) in [5.41, 5.74) is 0.543. The fourth-order valence-electron chi connectivity index (χ4n) is 2.20. The maximum absolute atomic E-state index is 12.5. The number of hydrogen-bond acceptors (Lipinski definition) is 7. The number of benzene rings is 1. The first-order valence-electron chi connectivity index (χ1n) is 6.59. The Morgan fingerprint density at radius 1 is 1.04 bits per heavy atom. The molecule has 23 heavy (non-hydrogen) atoms. The zero-order valence-electron chi connectivity index (χ0n) is 13.5. The molecule has 0 aliphatic heterocycles. The summed E-state index contributed by atoms with van der Waals surface area (Å²) in [7, 11) is 0.504. The van der Waals surface area contributed by atoms with E-state index in [4.69, 9.17) is 18.7 Å². The summed E-state index contributed by atoms with van der Waals surface area (Å²) >= 11 is 0. The van der Waals surface area contributed by atoms with Crippen molar-refractivity contribution in [3.05, 3.63) is 23.6 Å². The number of aromatic nitrogens is 1. The number of rotatable bonds is 6. The van der Waals surface area contributed by atoms with Gasteiger partial charge >= 0.3 is 0 Å². The number of ether oxygens (including phenoxy) is 3. The molecule has 1 aromatic carbocycles. The highest BCUT2D eigenvalue weighted by molar-refractivity contribution is 7.92. The van der Waals surface area contributed by atoms with Gasteiger partial charge in [-0.3, -0.25) is 4.72 Å². The van der Waals surface area contributed by atoms with E-state index in [1.165, 1.54) is 40.4 Å². The van der Waals surface area contributed by atoms with E-state index in [0.29, 0.717) is 17.2 Å². The van der Waals surface area contributed by atoms with Crippen molar-refractivity contribution >= 4 is 15.7 Å². The summed E-state index contributed by atoms with van der Waals surface area (Å²) in [4.78, 5) is 0.00579. The van der Waals surface area contributed by atoms with E-state index in [9.17, 15) is 8.42 Å². The lowest BCUT2D eigenvalue weighted by atomic mass is 10.2. The Kier molecular flexibility index (Phi) is 4.69. The molecule has 0 aliphatic carbocycles. The fraction of sp³-hybridized carbons (Fsp3) is 0.357. The van der Waals surface area contributed by atoms with Crippen LogP contribution < -0.4 is 18.9 Å².